The standard InChI is InChI=1S/C3H7.CHF3O3S/c1-3-2;2-1(3,4)8(5,6)7/h1,3H2,2H3;(H,5,6,7). The van der Waals surface area contributed by atoms with Gasteiger partial charge in [-0.05, 0) is 0 Å². The van der Waals surface area contributed by atoms with Gasteiger partial charge >= 0.3 is 15.6 Å². The highest BCUT2D eigenvalue weighted by Gasteiger charge is 2.44. The lowest BCUT2D eigenvalue weighted by Crippen LogP contribution is -2.21. The first-order valence-electron chi connectivity index (χ1n) is 2.49. The molecule has 0 aliphatic rings. The Morgan fingerprint density at radius 2 is 1.55 bits per heavy atom. The number of rotatable bonds is 0. The molecular weight excluding hydrogens is 185 g/mol. The second kappa shape index (κ2) is 4.55. The highest BCUT2D eigenvalue weighted by Crippen LogP contribution is 2.20. The van der Waals surface area contributed by atoms with E-state index in [0.717, 1.165) is 6.42 Å². The molecule has 0 bridgehead atoms. The van der Waals surface area contributed by atoms with E-state index < -0.39 is 15.6 Å². The van der Waals surface area contributed by atoms with Crippen molar-refractivity contribution in [2.45, 2.75) is 18.9 Å². The molecule has 0 fully saturated rings. The molecule has 0 aromatic carbocycles. The van der Waals surface area contributed by atoms with E-state index in [-0.39, 0.29) is 0 Å². The van der Waals surface area contributed by atoms with E-state index in [1.807, 2.05) is 6.92 Å². The van der Waals surface area contributed by atoms with Gasteiger partial charge in [-0.3, -0.25) is 4.55 Å². The van der Waals surface area contributed by atoms with Crippen molar-refractivity contribution in [1.82, 2.24) is 0 Å². The van der Waals surface area contributed by atoms with Gasteiger partial charge in [0.1, 0.15) is 0 Å². The summed E-state index contributed by atoms with van der Waals surface area (Å²) < 4.78 is 57.5. The largest absolute Gasteiger partial charge is 0.522 e. The zero-order valence-corrected chi connectivity index (χ0v) is 6.54. The van der Waals surface area contributed by atoms with Gasteiger partial charge in [-0.2, -0.15) is 21.6 Å². The zero-order chi connectivity index (χ0) is 9.71. The van der Waals surface area contributed by atoms with Crippen molar-refractivity contribution in [3.8, 4) is 0 Å². The molecule has 7 heteroatoms. The van der Waals surface area contributed by atoms with Crippen LogP contribution in [0.2, 0.25) is 0 Å². The Kier molecular flexibility index (Phi) is 5.50. The van der Waals surface area contributed by atoms with Gasteiger partial charge in [0.25, 0.3) is 0 Å². The smallest absolute Gasteiger partial charge is 0.279 e. The Morgan fingerprint density at radius 3 is 1.55 bits per heavy atom. The molecule has 69 valence electrons. The first-order valence-corrected chi connectivity index (χ1v) is 3.93. The van der Waals surface area contributed by atoms with E-state index in [4.69, 9.17) is 13.0 Å². The van der Waals surface area contributed by atoms with Crippen molar-refractivity contribution in [2.24, 2.45) is 0 Å². The van der Waals surface area contributed by atoms with Gasteiger partial charge in [0.05, 0.1) is 0 Å². The van der Waals surface area contributed by atoms with E-state index in [9.17, 15) is 13.2 Å². The average Bonchev–Trinajstić information content (AvgIpc) is 1.60. The Labute approximate surface area is 63.0 Å². The maximum atomic E-state index is 10.7. The fourth-order valence-electron chi connectivity index (χ4n) is 0. The Bertz CT molecular complexity index is 181. The van der Waals surface area contributed by atoms with Crippen LogP contribution in [0.3, 0.4) is 0 Å². The van der Waals surface area contributed by atoms with Crippen LogP contribution in [-0.4, -0.2) is 18.5 Å². The predicted molar refractivity (Wildman–Crippen MR) is 33.3 cm³/mol. The van der Waals surface area contributed by atoms with Crippen molar-refractivity contribution >= 4 is 10.1 Å². The third kappa shape index (κ3) is 7.60. The molecule has 3 nitrogen and oxygen atoms in total. The minimum Gasteiger partial charge on any atom is -0.279 e. The lowest BCUT2D eigenvalue weighted by molar-refractivity contribution is -0.0510. The molecule has 0 aromatic rings. The summed E-state index contributed by atoms with van der Waals surface area (Å²) in [4.78, 5) is 0. The molecule has 1 radical (unpaired) electrons. The molecule has 0 aromatic heterocycles. The quantitative estimate of drug-likeness (QED) is 0.469. The summed E-state index contributed by atoms with van der Waals surface area (Å²) in [6.45, 7) is 5.50. The molecule has 0 saturated carbocycles. The number of hydrogen-bond acceptors (Lipinski definition) is 2. The number of halogens is 3. The van der Waals surface area contributed by atoms with Crippen LogP contribution in [-0.2, 0) is 10.1 Å². The lowest BCUT2D eigenvalue weighted by atomic mass is 10.6. The first kappa shape index (κ1) is 13.3. The van der Waals surface area contributed by atoms with Crippen molar-refractivity contribution in [2.75, 3.05) is 0 Å². The Morgan fingerprint density at radius 1 is 1.45 bits per heavy atom. The summed E-state index contributed by atoms with van der Waals surface area (Å²) in [5.41, 5.74) is -5.53. The Hall–Kier alpha value is -0.300. The zero-order valence-electron chi connectivity index (χ0n) is 5.72. The van der Waals surface area contributed by atoms with Gasteiger partial charge in [0.15, 0.2) is 0 Å². The number of hydrogen-bond donors (Lipinski definition) is 1. The molecule has 0 unspecified atom stereocenters. The summed E-state index contributed by atoms with van der Waals surface area (Å²) in [5, 5.41) is 0. The van der Waals surface area contributed by atoms with Crippen molar-refractivity contribution < 1.29 is 26.1 Å². The van der Waals surface area contributed by atoms with Crippen LogP contribution in [0.25, 0.3) is 0 Å². The number of alkyl halides is 3. The van der Waals surface area contributed by atoms with Crippen LogP contribution in [0.15, 0.2) is 0 Å². The SMILES string of the molecule is O=S(=O)(O)C(F)(F)F.[CH2]CC. The maximum absolute atomic E-state index is 10.7. The van der Waals surface area contributed by atoms with Crippen LogP contribution < -0.4 is 0 Å². The van der Waals surface area contributed by atoms with Gasteiger partial charge in [-0.25, -0.2) is 0 Å². The van der Waals surface area contributed by atoms with Gasteiger partial charge in [0, 0.05) is 0 Å². The summed E-state index contributed by atoms with van der Waals surface area (Å²) in [7, 11) is -5.84. The summed E-state index contributed by atoms with van der Waals surface area (Å²) in [6.07, 6.45) is 1.00. The Balaban J connectivity index is 0. The molecular formula is C4H8F3O3S. The van der Waals surface area contributed by atoms with Crippen LogP contribution in [0.5, 0.6) is 0 Å². The van der Waals surface area contributed by atoms with E-state index in [1.54, 1.807) is 0 Å². The van der Waals surface area contributed by atoms with Crippen LogP contribution in [0.4, 0.5) is 13.2 Å². The van der Waals surface area contributed by atoms with E-state index in [0.29, 0.717) is 0 Å². The molecule has 0 spiro atoms. The summed E-state index contributed by atoms with van der Waals surface area (Å²) >= 11 is 0. The van der Waals surface area contributed by atoms with Gasteiger partial charge < -0.3 is 0 Å². The summed E-state index contributed by atoms with van der Waals surface area (Å²) in [6, 6.07) is 0. The van der Waals surface area contributed by atoms with E-state index in [2.05, 4.69) is 6.92 Å². The average molecular weight is 193 g/mol. The normalized spacial score (nSPS) is 11.8. The van der Waals surface area contributed by atoms with Gasteiger partial charge in [-0.1, -0.05) is 20.3 Å². The first-order chi connectivity index (χ1) is 4.66. The van der Waals surface area contributed by atoms with Crippen LogP contribution in [0.1, 0.15) is 13.3 Å². The molecule has 0 rings (SSSR count). The predicted octanol–water partition coefficient (Wildman–Crippen LogP) is 1.62. The molecule has 11 heavy (non-hydrogen) atoms. The minimum absolute atomic E-state index is 1.00. The van der Waals surface area contributed by atoms with Gasteiger partial charge in [0.2, 0.25) is 0 Å². The molecule has 0 saturated heterocycles. The molecule has 0 heterocycles. The lowest BCUT2D eigenvalue weighted by Gasteiger charge is -1.97. The van der Waals surface area contributed by atoms with Crippen molar-refractivity contribution in [3.05, 3.63) is 6.92 Å². The monoisotopic (exact) mass is 193 g/mol. The molecule has 0 amide bonds. The fourth-order valence-corrected chi connectivity index (χ4v) is 0. The highest BCUT2D eigenvalue weighted by atomic mass is 32.2. The van der Waals surface area contributed by atoms with Gasteiger partial charge in [-0.15, -0.1) is 0 Å². The highest BCUT2D eigenvalue weighted by molar-refractivity contribution is 7.86. The molecule has 0 atom stereocenters. The third-order valence-electron chi connectivity index (χ3n) is 0.292. The molecule has 0 aliphatic carbocycles. The topological polar surface area (TPSA) is 54.4 Å². The maximum Gasteiger partial charge on any atom is 0.522 e. The minimum atomic E-state index is -5.84. The second-order valence-electron chi connectivity index (χ2n) is 1.42. The second-order valence-corrected chi connectivity index (χ2v) is 2.83. The summed E-state index contributed by atoms with van der Waals surface area (Å²) in [5.74, 6) is 0. The van der Waals surface area contributed by atoms with E-state index >= 15 is 0 Å². The molecule has 1 N–H and O–H groups in total. The third-order valence-corrected chi connectivity index (χ3v) is 0.877. The van der Waals surface area contributed by atoms with Crippen LogP contribution >= 0.6 is 0 Å². The van der Waals surface area contributed by atoms with Crippen molar-refractivity contribution in [3.63, 3.8) is 0 Å². The van der Waals surface area contributed by atoms with Crippen LogP contribution in [0, 0.1) is 6.92 Å². The van der Waals surface area contributed by atoms with Crippen molar-refractivity contribution in [1.29, 1.82) is 0 Å². The van der Waals surface area contributed by atoms with E-state index in [1.165, 1.54) is 0 Å². The molecule has 0 aliphatic heterocycles. The fraction of sp³-hybridized carbons (Fsp3) is 0.750.